The van der Waals surface area contributed by atoms with Crippen molar-refractivity contribution >= 4 is 5.97 Å². The summed E-state index contributed by atoms with van der Waals surface area (Å²) in [6.07, 6.45) is 5.33. The zero-order valence-electron chi connectivity index (χ0n) is 9.12. The molecule has 3 nitrogen and oxygen atoms in total. The van der Waals surface area contributed by atoms with Gasteiger partial charge in [-0.15, -0.1) is 6.58 Å². The highest BCUT2D eigenvalue weighted by molar-refractivity contribution is 5.68. The molecule has 0 N–H and O–H groups in total. The maximum absolute atomic E-state index is 10.8. The maximum Gasteiger partial charge on any atom is 0.305 e. The number of carbonyl (C=O) groups excluding carboxylic acids is 1. The van der Waals surface area contributed by atoms with Gasteiger partial charge in [0, 0.05) is 6.42 Å². The van der Waals surface area contributed by atoms with Crippen molar-refractivity contribution in [2.75, 3.05) is 13.7 Å². The van der Waals surface area contributed by atoms with Crippen molar-refractivity contribution in [2.45, 2.75) is 38.7 Å². The summed E-state index contributed by atoms with van der Waals surface area (Å²) in [6.45, 7) is 6.20. The van der Waals surface area contributed by atoms with Crippen molar-refractivity contribution in [1.82, 2.24) is 0 Å². The van der Waals surface area contributed by atoms with Crippen LogP contribution < -0.4 is 0 Å². The molecular formula is C11H20O3. The average Bonchev–Trinajstić information content (AvgIpc) is 2.21. The largest absolute Gasteiger partial charge is 0.469 e. The molecule has 1 atom stereocenters. The summed E-state index contributed by atoms with van der Waals surface area (Å²) >= 11 is 0. The molecule has 0 saturated carbocycles. The van der Waals surface area contributed by atoms with Gasteiger partial charge in [-0.25, -0.2) is 0 Å². The molecule has 0 radical (unpaired) electrons. The number of ether oxygens (including phenoxy) is 2. The lowest BCUT2D eigenvalue weighted by molar-refractivity contribution is -0.140. The van der Waals surface area contributed by atoms with Gasteiger partial charge in [-0.05, 0) is 19.8 Å². The van der Waals surface area contributed by atoms with Crippen molar-refractivity contribution in [2.24, 2.45) is 0 Å². The Hall–Kier alpha value is -0.830. The molecule has 0 rings (SSSR count). The predicted molar refractivity (Wildman–Crippen MR) is 56.1 cm³/mol. The molecular weight excluding hydrogens is 180 g/mol. The van der Waals surface area contributed by atoms with E-state index in [4.69, 9.17) is 4.74 Å². The second-order valence-electron chi connectivity index (χ2n) is 3.25. The first-order chi connectivity index (χ1) is 6.70. The third-order valence-electron chi connectivity index (χ3n) is 1.97. The first kappa shape index (κ1) is 13.2. The van der Waals surface area contributed by atoms with Gasteiger partial charge in [0.1, 0.15) is 0 Å². The molecule has 0 fully saturated rings. The summed E-state index contributed by atoms with van der Waals surface area (Å²) in [5, 5.41) is 0. The Bertz CT molecular complexity index is 166. The number of unbranched alkanes of at least 4 members (excludes halogenated alkanes) is 1. The number of esters is 1. The summed E-state index contributed by atoms with van der Waals surface area (Å²) in [4.78, 5) is 10.8. The lowest BCUT2D eigenvalue weighted by Crippen LogP contribution is -2.08. The molecule has 0 aromatic carbocycles. The van der Waals surface area contributed by atoms with Crippen LogP contribution in [0, 0.1) is 0 Å². The van der Waals surface area contributed by atoms with Gasteiger partial charge in [-0.3, -0.25) is 4.79 Å². The molecule has 0 spiro atoms. The number of methoxy groups -OCH3 is 1. The lowest BCUT2D eigenvalue weighted by Gasteiger charge is -2.10. The van der Waals surface area contributed by atoms with Gasteiger partial charge in [-0.2, -0.15) is 0 Å². The van der Waals surface area contributed by atoms with E-state index < -0.39 is 0 Å². The van der Waals surface area contributed by atoms with E-state index in [1.807, 2.05) is 6.92 Å². The van der Waals surface area contributed by atoms with Crippen LogP contribution in [0.4, 0.5) is 0 Å². The van der Waals surface area contributed by atoms with Crippen LogP contribution in [-0.2, 0) is 14.3 Å². The summed E-state index contributed by atoms with van der Waals surface area (Å²) in [5.41, 5.74) is 0. The van der Waals surface area contributed by atoms with E-state index in [2.05, 4.69) is 11.3 Å². The molecule has 82 valence electrons. The van der Waals surface area contributed by atoms with Gasteiger partial charge in [0.25, 0.3) is 0 Å². The number of rotatable bonds is 8. The summed E-state index contributed by atoms with van der Waals surface area (Å²) in [7, 11) is 1.41. The van der Waals surface area contributed by atoms with E-state index >= 15 is 0 Å². The van der Waals surface area contributed by atoms with Crippen molar-refractivity contribution in [3.63, 3.8) is 0 Å². The first-order valence-corrected chi connectivity index (χ1v) is 5.00. The van der Waals surface area contributed by atoms with Crippen molar-refractivity contribution in [3.8, 4) is 0 Å². The van der Waals surface area contributed by atoms with Crippen LogP contribution in [0.1, 0.15) is 32.6 Å². The fourth-order valence-corrected chi connectivity index (χ4v) is 1.12. The minimum Gasteiger partial charge on any atom is -0.469 e. The fourth-order valence-electron chi connectivity index (χ4n) is 1.12. The van der Waals surface area contributed by atoms with E-state index in [1.165, 1.54) is 7.11 Å². The van der Waals surface area contributed by atoms with E-state index in [-0.39, 0.29) is 12.1 Å². The van der Waals surface area contributed by atoms with Crippen LogP contribution >= 0.6 is 0 Å². The molecule has 0 bridgehead atoms. The molecule has 0 amide bonds. The van der Waals surface area contributed by atoms with Crippen LogP contribution in [0.25, 0.3) is 0 Å². The van der Waals surface area contributed by atoms with E-state index in [9.17, 15) is 4.79 Å². The third kappa shape index (κ3) is 7.80. The smallest absolute Gasteiger partial charge is 0.305 e. The Kier molecular flexibility index (Phi) is 8.24. The Morgan fingerprint density at radius 2 is 2.21 bits per heavy atom. The predicted octanol–water partition coefficient (Wildman–Crippen LogP) is 2.31. The molecule has 0 aromatic heterocycles. The number of carbonyl (C=O) groups is 1. The van der Waals surface area contributed by atoms with Crippen molar-refractivity contribution < 1.29 is 14.3 Å². The molecule has 1 unspecified atom stereocenters. The summed E-state index contributed by atoms with van der Waals surface area (Å²) in [5.74, 6) is -0.135. The third-order valence-corrected chi connectivity index (χ3v) is 1.97. The van der Waals surface area contributed by atoms with Gasteiger partial charge in [-0.1, -0.05) is 12.5 Å². The molecule has 3 heteroatoms. The first-order valence-electron chi connectivity index (χ1n) is 5.00. The maximum atomic E-state index is 10.8. The highest BCUT2D eigenvalue weighted by atomic mass is 16.5. The van der Waals surface area contributed by atoms with E-state index in [0.717, 1.165) is 19.3 Å². The molecule has 0 aromatic rings. The molecule has 0 saturated heterocycles. The van der Waals surface area contributed by atoms with Gasteiger partial charge in [0.05, 0.1) is 19.8 Å². The number of hydrogen-bond acceptors (Lipinski definition) is 3. The summed E-state index contributed by atoms with van der Waals surface area (Å²) in [6, 6.07) is 0. The van der Waals surface area contributed by atoms with Crippen LogP contribution in [0.3, 0.4) is 0 Å². The normalized spacial score (nSPS) is 12.1. The fraction of sp³-hybridized carbons (Fsp3) is 0.727. The zero-order valence-corrected chi connectivity index (χ0v) is 9.12. The van der Waals surface area contributed by atoms with Gasteiger partial charge >= 0.3 is 5.97 Å². The molecule has 0 aliphatic heterocycles. The highest BCUT2D eigenvalue weighted by Gasteiger charge is 2.03. The quantitative estimate of drug-likeness (QED) is 0.342. The van der Waals surface area contributed by atoms with Crippen LogP contribution in [0.2, 0.25) is 0 Å². The highest BCUT2D eigenvalue weighted by Crippen LogP contribution is 2.06. The van der Waals surface area contributed by atoms with Crippen molar-refractivity contribution in [1.29, 1.82) is 0 Å². The van der Waals surface area contributed by atoms with Crippen LogP contribution in [-0.4, -0.2) is 25.8 Å². The molecule has 0 aliphatic rings. The summed E-state index contributed by atoms with van der Waals surface area (Å²) < 4.78 is 9.93. The molecule has 0 aliphatic carbocycles. The molecule has 0 heterocycles. The Morgan fingerprint density at radius 1 is 1.50 bits per heavy atom. The Labute approximate surface area is 86.1 Å². The Morgan fingerprint density at radius 3 is 2.79 bits per heavy atom. The monoisotopic (exact) mass is 200 g/mol. The van der Waals surface area contributed by atoms with Gasteiger partial charge in [0.2, 0.25) is 0 Å². The average molecular weight is 200 g/mol. The standard InChI is InChI=1S/C11H20O3/c1-4-9-14-10(2)7-5-6-8-11(12)13-3/h4,10H,1,5-9H2,2-3H3. The zero-order chi connectivity index (χ0) is 10.8. The van der Waals surface area contributed by atoms with Gasteiger partial charge in [0.15, 0.2) is 0 Å². The van der Waals surface area contributed by atoms with E-state index in [0.29, 0.717) is 13.0 Å². The lowest BCUT2D eigenvalue weighted by atomic mass is 10.1. The van der Waals surface area contributed by atoms with E-state index in [1.54, 1.807) is 6.08 Å². The minimum absolute atomic E-state index is 0.135. The Balaban J connectivity index is 3.26. The molecule has 14 heavy (non-hydrogen) atoms. The minimum atomic E-state index is -0.135. The SMILES string of the molecule is C=CCOC(C)CCCCC(=O)OC. The van der Waals surface area contributed by atoms with Crippen LogP contribution in [0.15, 0.2) is 12.7 Å². The number of hydrogen-bond donors (Lipinski definition) is 0. The second kappa shape index (κ2) is 8.75. The van der Waals surface area contributed by atoms with Crippen molar-refractivity contribution in [3.05, 3.63) is 12.7 Å². The second-order valence-corrected chi connectivity index (χ2v) is 3.25. The van der Waals surface area contributed by atoms with Gasteiger partial charge < -0.3 is 9.47 Å². The topological polar surface area (TPSA) is 35.5 Å². The van der Waals surface area contributed by atoms with Crippen LogP contribution in [0.5, 0.6) is 0 Å².